The maximum atomic E-state index is 4.00. The van der Waals surface area contributed by atoms with Gasteiger partial charge in [-0.05, 0) is 11.6 Å². The summed E-state index contributed by atoms with van der Waals surface area (Å²) in [4.78, 5) is 7.99. The second kappa shape index (κ2) is 2.06. The maximum Gasteiger partial charge on any atom is 0.152 e. The molecule has 0 saturated heterocycles. The Bertz CT molecular complexity index is 276. The van der Waals surface area contributed by atoms with Crippen LogP contribution in [0.2, 0.25) is 0 Å². The molecule has 10 heavy (non-hydrogen) atoms. The highest BCUT2D eigenvalue weighted by molar-refractivity contribution is 6.18. The van der Waals surface area contributed by atoms with Gasteiger partial charge in [0.25, 0.3) is 0 Å². The van der Waals surface area contributed by atoms with E-state index in [0.29, 0.717) is 0 Å². The summed E-state index contributed by atoms with van der Waals surface area (Å²) in [5.74, 6) is 0.788. The molecule has 0 amide bonds. The summed E-state index contributed by atoms with van der Waals surface area (Å²) < 4.78 is 0. The number of hydrogen-bond acceptors (Lipinski definition) is 2. The van der Waals surface area contributed by atoms with Crippen molar-refractivity contribution in [2.24, 2.45) is 9.98 Å². The molecular weight excluding hydrogens is 124 g/mol. The van der Waals surface area contributed by atoms with Gasteiger partial charge in [0.2, 0.25) is 0 Å². The predicted molar refractivity (Wildman–Crippen MR) is 42.3 cm³/mol. The molecule has 2 aliphatic rings. The van der Waals surface area contributed by atoms with Gasteiger partial charge >= 0.3 is 0 Å². The zero-order chi connectivity index (χ0) is 6.81. The predicted octanol–water partition coefficient (Wildman–Crippen LogP) is 1.48. The maximum absolute atomic E-state index is 4.00. The molecule has 0 aromatic rings. The van der Waals surface area contributed by atoms with E-state index in [4.69, 9.17) is 0 Å². The molecule has 0 N–H and O–H groups in total. The number of allylic oxidation sites excluding steroid dienone is 5. The average molecular weight is 130 g/mol. The van der Waals surface area contributed by atoms with Gasteiger partial charge in [-0.1, -0.05) is 18.2 Å². The Morgan fingerprint density at radius 1 is 1.20 bits per heavy atom. The highest BCUT2D eigenvalue weighted by atomic mass is 15.0. The molecule has 48 valence electrons. The molecule has 0 aromatic heterocycles. The van der Waals surface area contributed by atoms with E-state index in [1.54, 1.807) is 12.4 Å². The zero-order valence-corrected chi connectivity index (χ0v) is 5.36. The smallest absolute Gasteiger partial charge is 0.152 e. The van der Waals surface area contributed by atoms with Crippen molar-refractivity contribution < 1.29 is 0 Å². The summed E-state index contributed by atoms with van der Waals surface area (Å²) in [5, 5.41) is 0. The lowest BCUT2D eigenvalue weighted by molar-refractivity contribution is 1.27. The minimum atomic E-state index is 0.788. The fourth-order valence-corrected chi connectivity index (χ4v) is 0.780. The average Bonchev–Trinajstić information content (AvgIpc) is 2.29. The fourth-order valence-electron chi connectivity index (χ4n) is 0.780. The summed E-state index contributed by atoms with van der Waals surface area (Å²) in [6.07, 6.45) is 11.4. The van der Waals surface area contributed by atoms with Gasteiger partial charge in [-0.2, -0.15) is 0 Å². The normalized spacial score (nSPS) is 19.2. The van der Waals surface area contributed by atoms with Crippen molar-refractivity contribution in [3.05, 3.63) is 35.7 Å². The highest BCUT2D eigenvalue weighted by Crippen LogP contribution is 2.13. The highest BCUT2D eigenvalue weighted by Gasteiger charge is 1.97. The lowest BCUT2D eigenvalue weighted by atomic mass is 10.1. The minimum Gasteiger partial charge on any atom is -0.236 e. The van der Waals surface area contributed by atoms with E-state index in [1.165, 1.54) is 5.57 Å². The van der Waals surface area contributed by atoms with E-state index in [2.05, 4.69) is 9.98 Å². The van der Waals surface area contributed by atoms with Crippen LogP contribution >= 0.6 is 0 Å². The van der Waals surface area contributed by atoms with E-state index in [-0.39, 0.29) is 0 Å². The first-order valence-corrected chi connectivity index (χ1v) is 3.12. The van der Waals surface area contributed by atoms with Gasteiger partial charge in [-0.25, -0.2) is 9.98 Å². The molecule has 0 radical (unpaired) electrons. The van der Waals surface area contributed by atoms with Gasteiger partial charge in [-0.15, -0.1) is 0 Å². The molecule has 0 bridgehead atoms. The first-order chi connectivity index (χ1) is 4.95. The summed E-state index contributed by atoms with van der Waals surface area (Å²) in [5.41, 5.74) is 1.19. The van der Waals surface area contributed by atoms with Crippen LogP contribution in [0.15, 0.2) is 45.7 Å². The van der Waals surface area contributed by atoms with Crippen molar-refractivity contribution in [2.75, 3.05) is 0 Å². The van der Waals surface area contributed by atoms with Gasteiger partial charge in [-0.3, -0.25) is 0 Å². The Labute approximate surface area is 59.0 Å². The van der Waals surface area contributed by atoms with Crippen molar-refractivity contribution in [1.82, 2.24) is 0 Å². The third-order valence-electron chi connectivity index (χ3n) is 1.35. The van der Waals surface area contributed by atoms with Gasteiger partial charge in [0, 0.05) is 12.4 Å². The van der Waals surface area contributed by atoms with Gasteiger partial charge < -0.3 is 0 Å². The van der Waals surface area contributed by atoms with Crippen LogP contribution in [0.25, 0.3) is 0 Å². The molecule has 1 heterocycles. The first kappa shape index (κ1) is 5.35. The summed E-state index contributed by atoms with van der Waals surface area (Å²) in [6, 6.07) is 0. The topological polar surface area (TPSA) is 24.7 Å². The molecule has 2 nitrogen and oxygen atoms in total. The van der Waals surface area contributed by atoms with Gasteiger partial charge in [0.15, 0.2) is 5.82 Å². The quantitative estimate of drug-likeness (QED) is 0.513. The molecule has 0 saturated carbocycles. The molecule has 0 unspecified atom stereocenters. The Hall–Kier alpha value is -1.44. The fraction of sp³-hybridized carbons (Fsp3) is 0. The summed E-state index contributed by atoms with van der Waals surface area (Å²) in [7, 11) is 0. The van der Waals surface area contributed by atoms with Crippen LogP contribution < -0.4 is 0 Å². The molecule has 1 aliphatic heterocycles. The molecule has 0 fully saturated rings. The largest absolute Gasteiger partial charge is 0.236 e. The molecule has 0 aromatic carbocycles. The Morgan fingerprint density at radius 2 is 1.90 bits per heavy atom. The van der Waals surface area contributed by atoms with Crippen LogP contribution in [0.5, 0.6) is 0 Å². The first-order valence-electron chi connectivity index (χ1n) is 3.12. The van der Waals surface area contributed by atoms with Crippen molar-refractivity contribution >= 4 is 12.4 Å². The number of aliphatic imine (C=N–C) groups is 2. The second-order valence-corrected chi connectivity index (χ2v) is 2.08. The summed E-state index contributed by atoms with van der Waals surface area (Å²) in [6.45, 7) is 0. The van der Waals surface area contributed by atoms with E-state index in [9.17, 15) is 0 Å². The van der Waals surface area contributed by atoms with E-state index >= 15 is 0 Å². The monoisotopic (exact) mass is 130 g/mol. The van der Waals surface area contributed by atoms with Gasteiger partial charge in [0.1, 0.15) is 0 Å². The molecule has 0 spiro atoms. The van der Waals surface area contributed by atoms with Crippen molar-refractivity contribution in [2.45, 2.75) is 0 Å². The van der Waals surface area contributed by atoms with Crippen LogP contribution in [0.1, 0.15) is 0 Å². The van der Waals surface area contributed by atoms with Crippen LogP contribution in [0, 0.1) is 0 Å². The van der Waals surface area contributed by atoms with Gasteiger partial charge in [0.05, 0.1) is 0 Å². The molecule has 1 aliphatic carbocycles. The Morgan fingerprint density at radius 3 is 2.40 bits per heavy atom. The number of hydrogen-bond donors (Lipinski definition) is 0. The minimum absolute atomic E-state index is 0.788. The van der Waals surface area contributed by atoms with E-state index < -0.39 is 0 Å². The van der Waals surface area contributed by atoms with Crippen molar-refractivity contribution in [3.8, 4) is 0 Å². The zero-order valence-electron chi connectivity index (χ0n) is 5.36. The second-order valence-electron chi connectivity index (χ2n) is 2.08. The number of rotatable bonds is 1. The van der Waals surface area contributed by atoms with Crippen LogP contribution in [-0.4, -0.2) is 12.4 Å². The third kappa shape index (κ3) is 0.838. The standard InChI is InChI=1S/C8H6N2/c1-2-7(3-1)6-8-9-4-5-10-8/h1-6H. The molecule has 0 atom stereocenters. The Balaban J connectivity index is 2.17. The molecular formula is C8H6N2. The lowest BCUT2D eigenvalue weighted by Crippen LogP contribution is -1.80. The summed E-state index contributed by atoms with van der Waals surface area (Å²) >= 11 is 0. The van der Waals surface area contributed by atoms with E-state index in [1.807, 2.05) is 24.3 Å². The molecule has 2 heteroatoms. The molecule has 2 rings (SSSR count). The van der Waals surface area contributed by atoms with E-state index in [0.717, 1.165) is 5.82 Å². The van der Waals surface area contributed by atoms with Crippen LogP contribution in [-0.2, 0) is 0 Å². The van der Waals surface area contributed by atoms with Crippen molar-refractivity contribution in [1.29, 1.82) is 0 Å². The third-order valence-corrected chi connectivity index (χ3v) is 1.35. The Kier molecular flexibility index (Phi) is 1.10. The van der Waals surface area contributed by atoms with Crippen LogP contribution in [0.3, 0.4) is 0 Å². The van der Waals surface area contributed by atoms with Crippen LogP contribution in [0.4, 0.5) is 0 Å². The van der Waals surface area contributed by atoms with Crippen molar-refractivity contribution in [3.63, 3.8) is 0 Å². The lowest BCUT2D eigenvalue weighted by Gasteiger charge is -1.98. The SMILES string of the molecule is C1=CC(C=C2N=CC=N2)=C1. The number of nitrogens with zero attached hydrogens (tertiary/aromatic N) is 2.